The van der Waals surface area contributed by atoms with E-state index in [9.17, 15) is 0 Å². The first-order valence-electron chi connectivity index (χ1n) is 5.87. The zero-order valence-electron chi connectivity index (χ0n) is 8.50. The van der Waals surface area contributed by atoms with Crippen LogP contribution in [0.3, 0.4) is 0 Å². The van der Waals surface area contributed by atoms with Crippen LogP contribution in [0.15, 0.2) is 0 Å². The van der Waals surface area contributed by atoms with E-state index in [4.69, 9.17) is 0 Å². The Kier molecular flexibility index (Phi) is 1.88. The summed E-state index contributed by atoms with van der Waals surface area (Å²) in [5, 5.41) is 3.57. The third-order valence-electron chi connectivity index (χ3n) is 4.38. The summed E-state index contributed by atoms with van der Waals surface area (Å²) in [5.41, 5.74) is 0. The van der Waals surface area contributed by atoms with Crippen molar-refractivity contribution in [2.45, 2.75) is 63.2 Å². The summed E-state index contributed by atoms with van der Waals surface area (Å²) in [5.74, 6) is 0. The number of fused-ring (bicyclic) bond motifs is 2. The fourth-order valence-corrected chi connectivity index (χ4v) is 3.75. The molecule has 1 N–H and O–H groups in total. The molecule has 2 bridgehead atoms. The van der Waals surface area contributed by atoms with Gasteiger partial charge < -0.3 is 5.32 Å². The molecule has 2 heteroatoms. The van der Waals surface area contributed by atoms with Gasteiger partial charge in [-0.15, -0.1) is 0 Å². The standard InChI is InChI=1S/C11H20N2/c1-8-11(6-7-12-8)13-9-2-3-10(13)5-4-9/h8-12H,2-7H2,1H3. The lowest BCUT2D eigenvalue weighted by molar-refractivity contribution is 0.166. The topological polar surface area (TPSA) is 15.3 Å². The Bertz CT molecular complexity index is 184. The van der Waals surface area contributed by atoms with Crippen molar-refractivity contribution in [2.75, 3.05) is 6.54 Å². The van der Waals surface area contributed by atoms with Crippen LogP contribution in [0.4, 0.5) is 0 Å². The molecule has 0 aromatic rings. The van der Waals surface area contributed by atoms with Gasteiger partial charge in [0.25, 0.3) is 0 Å². The average Bonchev–Trinajstić information content (AvgIpc) is 2.78. The van der Waals surface area contributed by atoms with E-state index in [1.165, 1.54) is 38.6 Å². The highest BCUT2D eigenvalue weighted by atomic mass is 15.3. The van der Waals surface area contributed by atoms with E-state index in [0.29, 0.717) is 0 Å². The van der Waals surface area contributed by atoms with Crippen LogP contribution in [0.5, 0.6) is 0 Å². The first-order valence-corrected chi connectivity index (χ1v) is 5.87. The van der Waals surface area contributed by atoms with E-state index in [1.807, 2.05) is 0 Å². The van der Waals surface area contributed by atoms with Crippen molar-refractivity contribution in [3.63, 3.8) is 0 Å². The molecule has 3 aliphatic rings. The molecule has 3 heterocycles. The molecule has 2 atom stereocenters. The van der Waals surface area contributed by atoms with Crippen LogP contribution in [0, 0.1) is 0 Å². The van der Waals surface area contributed by atoms with Crippen LogP contribution in [0.2, 0.25) is 0 Å². The molecule has 2 nitrogen and oxygen atoms in total. The minimum absolute atomic E-state index is 0.737. The van der Waals surface area contributed by atoms with E-state index < -0.39 is 0 Å². The van der Waals surface area contributed by atoms with Gasteiger partial charge in [-0.3, -0.25) is 4.90 Å². The van der Waals surface area contributed by atoms with Gasteiger partial charge in [0.05, 0.1) is 0 Å². The number of rotatable bonds is 1. The zero-order valence-corrected chi connectivity index (χ0v) is 8.50. The molecule has 3 saturated heterocycles. The number of hydrogen-bond donors (Lipinski definition) is 1. The fourth-order valence-electron chi connectivity index (χ4n) is 3.75. The molecule has 0 radical (unpaired) electrons. The zero-order chi connectivity index (χ0) is 8.84. The maximum Gasteiger partial charge on any atom is 0.0264 e. The maximum atomic E-state index is 3.57. The van der Waals surface area contributed by atoms with Gasteiger partial charge in [-0.1, -0.05) is 0 Å². The van der Waals surface area contributed by atoms with E-state index in [-0.39, 0.29) is 0 Å². The second-order valence-electron chi connectivity index (χ2n) is 5.01. The quantitative estimate of drug-likeness (QED) is 0.655. The first-order chi connectivity index (χ1) is 6.36. The molecule has 3 fully saturated rings. The SMILES string of the molecule is CC1NCCC1N1C2CCC1CC2. The van der Waals surface area contributed by atoms with Gasteiger partial charge in [0, 0.05) is 24.2 Å². The van der Waals surface area contributed by atoms with Gasteiger partial charge in [-0.25, -0.2) is 0 Å². The van der Waals surface area contributed by atoms with Gasteiger partial charge in [-0.2, -0.15) is 0 Å². The summed E-state index contributed by atoms with van der Waals surface area (Å²) >= 11 is 0. The van der Waals surface area contributed by atoms with Gasteiger partial charge in [0.15, 0.2) is 0 Å². The van der Waals surface area contributed by atoms with E-state index >= 15 is 0 Å². The van der Waals surface area contributed by atoms with Crippen LogP contribution in [0.25, 0.3) is 0 Å². The van der Waals surface area contributed by atoms with Gasteiger partial charge in [-0.05, 0) is 45.6 Å². The molecule has 13 heavy (non-hydrogen) atoms. The van der Waals surface area contributed by atoms with Crippen LogP contribution in [0.1, 0.15) is 39.0 Å². The second-order valence-corrected chi connectivity index (χ2v) is 5.01. The van der Waals surface area contributed by atoms with Crippen molar-refractivity contribution in [1.29, 1.82) is 0 Å². The smallest absolute Gasteiger partial charge is 0.0264 e. The van der Waals surface area contributed by atoms with E-state index in [1.54, 1.807) is 0 Å². The lowest BCUT2D eigenvalue weighted by atomic mass is 10.0. The van der Waals surface area contributed by atoms with Crippen LogP contribution in [-0.4, -0.2) is 35.6 Å². The Hall–Kier alpha value is -0.0800. The molecule has 3 aliphatic heterocycles. The minimum Gasteiger partial charge on any atom is -0.313 e. The molecular weight excluding hydrogens is 160 g/mol. The molecule has 0 saturated carbocycles. The lowest BCUT2D eigenvalue weighted by Crippen LogP contribution is -2.44. The van der Waals surface area contributed by atoms with Crippen molar-refractivity contribution in [3.8, 4) is 0 Å². The van der Waals surface area contributed by atoms with Gasteiger partial charge in [0.1, 0.15) is 0 Å². The Balaban J connectivity index is 1.77. The monoisotopic (exact) mass is 180 g/mol. The summed E-state index contributed by atoms with van der Waals surface area (Å²) < 4.78 is 0. The molecule has 0 aromatic carbocycles. The van der Waals surface area contributed by atoms with Crippen molar-refractivity contribution in [3.05, 3.63) is 0 Å². The second kappa shape index (κ2) is 2.96. The predicted octanol–water partition coefficient (Wildman–Crippen LogP) is 1.36. The Labute approximate surface area is 80.7 Å². The summed E-state index contributed by atoms with van der Waals surface area (Å²) in [7, 11) is 0. The fraction of sp³-hybridized carbons (Fsp3) is 1.00. The van der Waals surface area contributed by atoms with Crippen molar-refractivity contribution >= 4 is 0 Å². The summed E-state index contributed by atoms with van der Waals surface area (Å²) in [6.45, 7) is 3.59. The Morgan fingerprint density at radius 2 is 1.62 bits per heavy atom. The summed E-state index contributed by atoms with van der Waals surface area (Å²) in [6.07, 6.45) is 7.30. The van der Waals surface area contributed by atoms with Gasteiger partial charge in [0.2, 0.25) is 0 Å². The highest BCUT2D eigenvalue weighted by Crippen LogP contribution is 2.40. The normalized spacial score (nSPS) is 50.5. The summed E-state index contributed by atoms with van der Waals surface area (Å²) in [4.78, 5) is 2.85. The summed E-state index contributed by atoms with van der Waals surface area (Å²) in [6, 6.07) is 3.51. The molecule has 0 amide bonds. The largest absolute Gasteiger partial charge is 0.313 e. The van der Waals surface area contributed by atoms with Gasteiger partial charge >= 0.3 is 0 Å². The van der Waals surface area contributed by atoms with E-state index in [2.05, 4.69) is 17.1 Å². The molecule has 2 unspecified atom stereocenters. The van der Waals surface area contributed by atoms with Crippen molar-refractivity contribution in [2.24, 2.45) is 0 Å². The van der Waals surface area contributed by atoms with Crippen LogP contribution < -0.4 is 5.32 Å². The molecule has 0 aromatic heterocycles. The van der Waals surface area contributed by atoms with Crippen molar-refractivity contribution < 1.29 is 0 Å². The Morgan fingerprint density at radius 1 is 1.00 bits per heavy atom. The molecular formula is C11H20N2. The van der Waals surface area contributed by atoms with Crippen LogP contribution >= 0.6 is 0 Å². The minimum atomic E-state index is 0.737. The predicted molar refractivity (Wildman–Crippen MR) is 53.8 cm³/mol. The molecule has 0 spiro atoms. The molecule has 0 aliphatic carbocycles. The highest BCUT2D eigenvalue weighted by molar-refractivity contribution is 5.02. The van der Waals surface area contributed by atoms with Crippen LogP contribution in [-0.2, 0) is 0 Å². The Morgan fingerprint density at radius 3 is 2.08 bits per heavy atom. The van der Waals surface area contributed by atoms with Crippen molar-refractivity contribution in [1.82, 2.24) is 10.2 Å². The van der Waals surface area contributed by atoms with E-state index in [0.717, 1.165) is 24.2 Å². The average molecular weight is 180 g/mol. The number of nitrogens with one attached hydrogen (secondary N) is 1. The third kappa shape index (κ3) is 1.15. The third-order valence-corrected chi connectivity index (χ3v) is 4.38. The number of nitrogens with zero attached hydrogens (tertiary/aromatic N) is 1. The molecule has 74 valence electrons. The first kappa shape index (κ1) is 8.25. The highest BCUT2D eigenvalue weighted by Gasteiger charge is 2.45. The lowest BCUT2D eigenvalue weighted by Gasteiger charge is -2.31. The maximum absolute atomic E-state index is 3.57. The number of hydrogen-bond acceptors (Lipinski definition) is 2. The molecule has 3 rings (SSSR count).